The summed E-state index contributed by atoms with van der Waals surface area (Å²) in [4.78, 5) is 9.00. The molecule has 0 saturated heterocycles. The van der Waals surface area contributed by atoms with Gasteiger partial charge < -0.3 is 13.4 Å². The maximum Gasteiger partial charge on any atom is 2.00 e. The molecular weight excluding hydrogens is 162 g/mol. The molecule has 0 atom stereocenters. The van der Waals surface area contributed by atoms with Gasteiger partial charge in [0.2, 0.25) is 0 Å². The normalized spacial score (nSPS) is 3.57. The van der Waals surface area contributed by atoms with Crippen LogP contribution >= 0.6 is 0 Å². The summed E-state index contributed by atoms with van der Waals surface area (Å²) in [7, 11) is 0. The standard InChI is InChI=1S/C2H4O2.Mg.H2O.Zn.2H/c1-2(3)4;;;;;/h1H3,(H,3,4);;1H2;;;/q;+2;;;2*-1. The fourth-order valence-electron chi connectivity index (χ4n) is 0. The third-order valence-corrected chi connectivity index (χ3v) is 0. The molecule has 0 aliphatic heterocycles. The van der Waals surface area contributed by atoms with Crippen LogP contribution in [-0.4, -0.2) is 39.6 Å². The van der Waals surface area contributed by atoms with Crippen molar-refractivity contribution >= 4 is 29.0 Å². The summed E-state index contributed by atoms with van der Waals surface area (Å²) >= 11 is 0. The van der Waals surface area contributed by atoms with Crippen LogP contribution in [0.25, 0.3) is 0 Å². The van der Waals surface area contributed by atoms with Crippen LogP contribution in [0.2, 0.25) is 0 Å². The predicted molar refractivity (Wildman–Crippen MR) is 24.9 cm³/mol. The van der Waals surface area contributed by atoms with Gasteiger partial charge in [0, 0.05) is 26.4 Å². The number of hydrogen-bond acceptors (Lipinski definition) is 1. The minimum atomic E-state index is -0.833. The van der Waals surface area contributed by atoms with Crippen molar-refractivity contribution in [3.8, 4) is 0 Å². The molecule has 0 amide bonds. The first-order chi connectivity index (χ1) is 1.73. The molecule has 0 bridgehead atoms. The largest absolute Gasteiger partial charge is 2.00 e. The summed E-state index contributed by atoms with van der Waals surface area (Å²) in [5, 5.41) is 7.42. The van der Waals surface area contributed by atoms with E-state index in [9.17, 15) is 0 Å². The quantitative estimate of drug-likeness (QED) is 0.478. The molecule has 0 aromatic heterocycles. The summed E-state index contributed by atoms with van der Waals surface area (Å²) < 4.78 is 0. The summed E-state index contributed by atoms with van der Waals surface area (Å²) in [6, 6.07) is 0. The number of hydrogen-bond donors (Lipinski definition) is 1. The van der Waals surface area contributed by atoms with E-state index in [1.54, 1.807) is 0 Å². The monoisotopic (exact) mass is 168 g/mol. The Balaban J connectivity index is -0.00000000450. The predicted octanol–water partition coefficient (Wildman–Crippen LogP) is -0.892. The van der Waals surface area contributed by atoms with Crippen LogP contribution in [0, 0.1) is 0 Å². The van der Waals surface area contributed by atoms with E-state index in [1.165, 1.54) is 0 Å². The molecule has 0 heterocycles. The Labute approximate surface area is 73.7 Å². The second-order valence-corrected chi connectivity index (χ2v) is 0.519. The average molecular weight is 170 g/mol. The van der Waals surface area contributed by atoms with E-state index in [2.05, 4.69) is 0 Å². The van der Waals surface area contributed by atoms with E-state index in [4.69, 9.17) is 9.90 Å². The van der Waals surface area contributed by atoms with E-state index >= 15 is 0 Å². The SMILES string of the molecule is CC(=O)O.O.[H-].[H-].[Mg+2].[Zn]. The van der Waals surface area contributed by atoms with Crippen molar-refractivity contribution in [1.82, 2.24) is 0 Å². The van der Waals surface area contributed by atoms with Gasteiger partial charge in [0.15, 0.2) is 0 Å². The second-order valence-electron chi connectivity index (χ2n) is 0.519. The molecule has 3 nitrogen and oxygen atoms in total. The molecule has 0 rings (SSSR count). The van der Waals surface area contributed by atoms with Crippen LogP contribution in [0.3, 0.4) is 0 Å². The van der Waals surface area contributed by atoms with Gasteiger partial charge in [-0.2, -0.15) is 0 Å². The van der Waals surface area contributed by atoms with E-state index in [-0.39, 0.29) is 50.9 Å². The zero-order valence-electron chi connectivity index (χ0n) is 6.27. The molecule has 0 aromatic carbocycles. The maximum absolute atomic E-state index is 9.00. The van der Waals surface area contributed by atoms with Crippen LogP contribution in [0.1, 0.15) is 9.78 Å². The van der Waals surface area contributed by atoms with Crippen molar-refractivity contribution in [2.75, 3.05) is 0 Å². The number of aliphatic carboxylic acids is 1. The Morgan fingerprint density at radius 2 is 1.71 bits per heavy atom. The van der Waals surface area contributed by atoms with Gasteiger partial charge in [-0.25, -0.2) is 0 Å². The topological polar surface area (TPSA) is 68.8 Å². The minimum Gasteiger partial charge on any atom is -1.00 e. The van der Waals surface area contributed by atoms with Gasteiger partial charge in [-0.3, -0.25) is 4.79 Å². The first kappa shape index (κ1) is 24.9. The molecule has 0 radical (unpaired) electrons. The Hall–Kier alpha value is 0.820. The van der Waals surface area contributed by atoms with E-state index < -0.39 is 5.97 Å². The van der Waals surface area contributed by atoms with Gasteiger partial charge >= 0.3 is 23.1 Å². The zero-order chi connectivity index (χ0) is 3.58. The molecule has 0 aliphatic rings. The second kappa shape index (κ2) is 15.8. The van der Waals surface area contributed by atoms with Gasteiger partial charge in [-0.05, 0) is 0 Å². The van der Waals surface area contributed by atoms with Crippen LogP contribution in [-0.2, 0) is 24.3 Å². The third kappa shape index (κ3) is 236. The summed E-state index contributed by atoms with van der Waals surface area (Å²) in [5.41, 5.74) is 0. The van der Waals surface area contributed by atoms with Crippen molar-refractivity contribution in [2.45, 2.75) is 6.92 Å². The molecule has 0 saturated carbocycles. The smallest absolute Gasteiger partial charge is 1.00 e. The summed E-state index contributed by atoms with van der Waals surface area (Å²) in [6.45, 7) is 1.08. The molecule has 0 unspecified atom stereocenters. The number of carbonyl (C=O) groups is 1. The van der Waals surface area contributed by atoms with Crippen molar-refractivity contribution in [2.24, 2.45) is 0 Å². The first-order valence-electron chi connectivity index (χ1n) is 0.928. The van der Waals surface area contributed by atoms with Crippen molar-refractivity contribution in [3.05, 3.63) is 0 Å². The van der Waals surface area contributed by atoms with Crippen molar-refractivity contribution in [3.63, 3.8) is 0 Å². The molecule has 7 heavy (non-hydrogen) atoms. The Bertz CT molecular complexity index is 42.8. The minimum absolute atomic E-state index is 0. The van der Waals surface area contributed by atoms with Crippen LogP contribution in [0.4, 0.5) is 0 Å². The summed E-state index contributed by atoms with van der Waals surface area (Å²) in [5.74, 6) is -0.833. The molecule has 0 fully saturated rings. The molecule has 5 heteroatoms. The third-order valence-electron chi connectivity index (χ3n) is 0. The van der Waals surface area contributed by atoms with Gasteiger partial charge in [0.05, 0.1) is 0 Å². The fourth-order valence-corrected chi connectivity index (χ4v) is 0. The van der Waals surface area contributed by atoms with Gasteiger partial charge in [-0.15, -0.1) is 0 Å². The molecule has 38 valence electrons. The van der Waals surface area contributed by atoms with Crippen LogP contribution < -0.4 is 0 Å². The number of carboxylic acid groups (broad SMARTS) is 1. The number of carboxylic acids is 1. The van der Waals surface area contributed by atoms with E-state index in [0.29, 0.717) is 0 Å². The Morgan fingerprint density at radius 3 is 1.71 bits per heavy atom. The molecule has 0 aliphatic carbocycles. The molecule has 0 spiro atoms. The van der Waals surface area contributed by atoms with Crippen LogP contribution in [0.5, 0.6) is 0 Å². The maximum atomic E-state index is 9.00. The van der Waals surface area contributed by atoms with Gasteiger partial charge in [0.25, 0.3) is 5.97 Å². The summed E-state index contributed by atoms with van der Waals surface area (Å²) in [6.07, 6.45) is 0. The fraction of sp³-hybridized carbons (Fsp3) is 0.500. The first-order valence-corrected chi connectivity index (χ1v) is 0.928. The van der Waals surface area contributed by atoms with Crippen molar-refractivity contribution in [1.29, 1.82) is 0 Å². The number of rotatable bonds is 0. The molecule has 3 N–H and O–H groups in total. The van der Waals surface area contributed by atoms with E-state index in [0.717, 1.165) is 6.92 Å². The Kier molecular flexibility index (Phi) is 56.4. The van der Waals surface area contributed by atoms with Crippen LogP contribution in [0.15, 0.2) is 0 Å². The Morgan fingerprint density at radius 1 is 1.71 bits per heavy atom. The zero-order valence-corrected chi connectivity index (χ0v) is 8.65. The van der Waals surface area contributed by atoms with Gasteiger partial charge in [-0.1, -0.05) is 0 Å². The van der Waals surface area contributed by atoms with Crippen molar-refractivity contribution < 1.29 is 37.7 Å². The molecule has 0 aromatic rings. The molecular formula is C2H8MgO3Zn. The van der Waals surface area contributed by atoms with Gasteiger partial charge in [0.1, 0.15) is 0 Å². The average Bonchev–Trinajstić information content (AvgIpc) is 0.811. The van der Waals surface area contributed by atoms with E-state index in [1.807, 2.05) is 0 Å².